The number of nitrogens with zero attached hydrogens (tertiary/aromatic N) is 1. The lowest BCUT2D eigenvalue weighted by Crippen LogP contribution is -2.22. The first-order valence-electron chi connectivity index (χ1n) is 5.31. The van der Waals surface area contributed by atoms with Gasteiger partial charge in [0, 0.05) is 23.5 Å². The summed E-state index contributed by atoms with van der Waals surface area (Å²) in [5, 5.41) is 0. The van der Waals surface area contributed by atoms with Gasteiger partial charge in [-0.1, -0.05) is 12.1 Å². The van der Waals surface area contributed by atoms with E-state index in [1.807, 2.05) is 12.1 Å². The molecule has 15 heavy (non-hydrogen) atoms. The molecule has 1 aliphatic heterocycles. The summed E-state index contributed by atoms with van der Waals surface area (Å²) in [4.78, 5) is 15.0. The highest BCUT2D eigenvalue weighted by atomic mass is 32.2. The Hall–Kier alpha value is -0.960. The van der Waals surface area contributed by atoms with Crippen LogP contribution in [0.25, 0.3) is 0 Å². The Morgan fingerprint density at radius 3 is 2.73 bits per heavy atom. The van der Waals surface area contributed by atoms with Crippen LogP contribution >= 0.6 is 11.8 Å². The summed E-state index contributed by atoms with van der Waals surface area (Å²) in [6.07, 6.45) is 0. The zero-order chi connectivity index (χ0) is 10.8. The molecule has 0 amide bonds. The van der Waals surface area contributed by atoms with E-state index < -0.39 is 0 Å². The summed E-state index contributed by atoms with van der Waals surface area (Å²) in [5.41, 5.74) is 2.12. The summed E-state index contributed by atoms with van der Waals surface area (Å²) >= 11 is 1.67. The van der Waals surface area contributed by atoms with Crippen LogP contribution in [0.1, 0.15) is 24.2 Å². The Kier molecular flexibility index (Phi) is 3.00. The molecule has 0 unspecified atom stereocenters. The summed E-state index contributed by atoms with van der Waals surface area (Å²) in [7, 11) is 0. The molecule has 0 radical (unpaired) electrons. The number of hydrogen-bond acceptors (Lipinski definition) is 3. The van der Waals surface area contributed by atoms with Gasteiger partial charge in [-0.2, -0.15) is 0 Å². The van der Waals surface area contributed by atoms with E-state index in [1.165, 1.54) is 10.6 Å². The van der Waals surface area contributed by atoms with Gasteiger partial charge >= 0.3 is 0 Å². The van der Waals surface area contributed by atoms with Gasteiger partial charge in [0.15, 0.2) is 5.78 Å². The van der Waals surface area contributed by atoms with Crippen LogP contribution in [0.4, 0.5) is 5.69 Å². The molecule has 1 aromatic carbocycles. The van der Waals surface area contributed by atoms with Crippen LogP contribution in [0.5, 0.6) is 0 Å². The molecule has 0 saturated carbocycles. The number of fused-ring (bicyclic) bond motifs is 1. The molecule has 1 heterocycles. The van der Waals surface area contributed by atoms with Crippen molar-refractivity contribution >= 4 is 23.2 Å². The maximum atomic E-state index is 11.6. The molecule has 0 aromatic heterocycles. The SMILES string of the molecule is CCN(CC)c1cccc2c1SCC2=O. The molecular formula is C12H15NOS. The number of carbonyl (C=O) groups is 1. The molecule has 0 aliphatic carbocycles. The minimum atomic E-state index is 0.268. The standard InChI is InChI=1S/C12H15NOS/c1-3-13(4-2)10-7-5-6-9-11(14)8-15-12(9)10/h5-7H,3-4,8H2,1-2H3. The molecule has 1 aliphatic rings. The molecule has 0 atom stereocenters. The minimum Gasteiger partial charge on any atom is -0.371 e. The van der Waals surface area contributed by atoms with E-state index in [2.05, 4.69) is 24.8 Å². The maximum absolute atomic E-state index is 11.6. The highest BCUT2D eigenvalue weighted by Crippen LogP contribution is 2.38. The highest BCUT2D eigenvalue weighted by Gasteiger charge is 2.23. The lowest BCUT2D eigenvalue weighted by Gasteiger charge is -2.23. The van der Waals surface area contributed by atoms with E-state index in [-0.39, 0.29) is 5.78 Å². The number of rotatable bonds is 3. The summed E-state index contributed by atoms with van der Waals surface area (Å²) in [6.45, 7) is 6.26. The van der Waals surface area contributed by atoms with Crippen molar-refractivity contribution < 1.29 is 4.79 Å². The van der Waals surface area contributed by atoms with Crippen molar-refractivity contribution in [3.63, 3.8) is 0 Å². The normalized spacial score (nSPS) is 14.1. The molecule has 2 rings (SSSR count). The fourth-order valence-electron chi connectivity index (χ4n) is 1.92. The first kappa shape index (κ1) is 10.6. The summed E-state index contributed by atoms with van der Waals surface area (Å²) in [6, 6.07) is 6.03. The van der Waals surface area contributed by atoms with Crippen molar-refractivity contribution in [3.05, 3.63) is 23.8 Å². The predicted molar refractivity (Wildman–Crippen MR) is 65.1 cm³/mol. The van der Waals surface area contributed by atoms with Crippen LogP contribution in [0.3, 0.4) is 0 Å². The van der Waals surface area contributed by atoms with Crippen LogP contribution in [-0.4, -0.2) is 24.6 Å². The van der Waals surface area contributed by atoms with Crippen molar-refractivity contribution in [1.82, 2.24) is 0 Å². The second kappa shape index (κ2) is 4.27. The van der Waals surface area contributed by atoms with Crippen molar-refractivity contribution in [2.45, 2.75) is 18.7 Å². The average molecular weight is 221 g/mol. The Labute approximate surface area is 94.7 Å². The number of thioether (sulfide) groups is 1. The zero-order valence-electron chi connectivity index (χ0n) is 9.12. The second-order valence-corrected chi connectivity index (χ2v) is 4.52. The fraction of sp³-hybridized carbons (Fsp3) is 0.417. The number of Topliss-reactive ketones (excluding diaryl/α,β-unsaturated/α-hetero) is 1. The van der Waals surface area contributed by atoms with Gasteiger partial charge in [-0.3, -0.25) is 4.79 Å². The molecule has 2 nitrogen and oxygen atoms in total. The third-order valence-corrected chi connectivity index (χ3v) is 3.87. The number of hydrogen-bond donors (Lipinski definition) is 0. The molecule has 0 spiro atoms. The van der Waals surface area contributed by atoms with E-state index in [1.54, 1.807) is 11.8 Å². The third-order valence-electron chi connectivity index (χ3n) is 2.75. The monoisotopic (exact) mass is 221 g/mol. The molecule has 0 saturated heterocycles. The van der Waals surface area contributed by atoms with Crippen LogP contribution in [0.2, 0.25) is 0 Å². The first-order valence-corrected chi connectivity index (χ1v) is 6.30. The van der Waals surface area contributed by atoms with Gasteiger partial charge in [-0.15, -0.1) is 11.8 Å². The Morgan fingerprint density at radius 2 is 2.07 bits per heavy atom. The Morgan fingerprint density at radius 1 is 1.33 bits per heavy atom. The quantitative estimate of drug-likeness (QED) is 0.783. The number of anilines is 1. The molecule has 1 aromatic rings. The summed E-state index contributed by atoms with van der Waals surface area (Å²) in [5.74, 6) is 0.872. The third kappa shape index (κ3) is 1.76. The van der Waals surface area contributed by atoms with E-state index in [0.29, 0.717) is 5.75 Å². The number of benzene rings is 1. The first-order chi connectivity index (χ1) is 7.27. The Bertz CT molecular complexity index is 385. The van der Waals surface area contributed by atoms with Crippen LogP contribution in [0, 0.1) is 0 Å². The smallest absolute Gasteiger partial charge is 0.174 e. The van der Waals surface area contributed by atoms with Crippen molar-refractivity contribution in [1.29, 1.82) is 0 Å². The van der Waals surface area contributed by atoms with Gasteiger partial charge in [0.2, 0.25) is 0 Å². The van der Waals surface area contributed by atoms with Crippen molar-refractivity contribution in [2.75, 3.05) is 23.7 Å². The average Bonchev–Trinajstić information content (AvgIpc) is 2.64. The van der Waals surface area contributed by atoms with Crippen molar-refractivity contribution in [2.24, 2.45) is 0 Å². The molecule has 0 N–H and O–H groups in total. The van der Waals surface area contributed by atoms with Crippen molar-refractivity contribution in [3.8, 4) is 0 Å². The van der Waals surface area contributed by atoms with E-state index >= 15 is 0 Å². The fourth-order valence-corrected chi connectivity index (χ4v) is 3.04. The van der Waals surface area contributed by atoms with Gasteiger partial charge in [-0.05, 0) is 19.9 Å². The van der Waals surface area contributed by atoms with Gasteiger partial charge in [0.1, 0.15) is 0 Å². The van der Waals surface area contributed by atoms with Gasteiger partial charge in [0.05, 0.1) is 11.4 Å². The maximum Gasteiger partial charge on any atom is 0.174 e. The predicted octanol–water partition coefficient (Wildman–Crippen LogP) is 2.82. The van der Waals surface area contributed by atoms with Crippen LogP contribution < -0.4 is 4.90 Å². The van der Waals surface area contributed by atoms with Gasteiger partial charge in [-0.25, -0.2) is 0 Å². The molecule has 0 fully saturated rings. The second-order valence-electron chi connectivity index (χ2n) is 3.54. The molecule has 0 bridgehead atoms. The zero-order valence-corrected chi connectivity index (χ0v) is 9.93. The lowest BCUT2D eigenvalue weighted by atomic mass is 10.1. The Balaban J connectivity index is 2.45. The van der Waals surface area contributed by atoms with E-state index in [0.717, 1.165) is 18.7 Å². The van der Waals surface area contributed by atoms with E-state index in [4.69, 9.17) is 0 Å². The van der Waals surface area contributed by atoms with Gasteiger partial charge < -0.3 is 4.90 Å². The summed E-state index contributed by atoms with van der Waals surface area (Å²) < 4.78 is 0. The lowest BCUT2D eigenvalue weighted by molar-refractivity contribution is 0.102. The molecule has 80 valence electrons. The van der Waals surface area contributed by atoms with Crippen LogP contribution in [-0.2, 0) is 0 Å². The van der Waals surface area contributed by atoms with Gasteiger partial charge in [0.25, 0.3) is 0 Å². The highest BCUT2D eigenvalue weighted by molar-refractivity contribution is 8.00. The van der Waals surface area contributed by atoms with E-state index in [9.17, 15) is 4.79 Å². The number of ketones is 1. The number of carbonyl (C=O) groups excluding carboxylic acids is 1. The molecule has 3 heteroatoms. The molecular weight excluding hydrogens is 206 g/mol. The largest absolute Gasteiger partial charge is 0.371 e. The van der Waals surface area contributed by atoms with Crippen LogP contribution in [0.15, 0.2) is 23.1 Å². The topological polar surface area (TPSA) is 20.3 Å². The minimum absolute atomic E-state index is 0.268.